The Morgan fingerprint density at radius 3 is 2.87 bits per heavy atom. The highest BCUT2D eigenvalue weighted by Gasteiger charge is 2.13. The Labute approximate surface area is 174 Å². The highest BCUT2D eigenvalue weighted by Crippen LogP contribution is 2.32. The van der Waals surface area contributed by atoms with E-state index in [-0.39, 0.29) is 25.2 Å². The molecule has 0 saturated heterocycles. The third-order valence-electron chi connectivity index (χ3n) is 4.67. The van der Waals surface area contributed by atoms with Gasteiger partial charge in [-0.25, -0.2) is 9.97 Å². The number of fused-ring (bicyclic) bond motifs is 1. The molecule has 0 aliphatic carbocycles. The summed E-state index contributed by atoms with van der Waals surface area (Å²) in [5, 5.41) is 5.92. The zero-order chi connectivity index (χ0) is 20.9. The fourth-order valence-corrected chi connectivity index (χ4v) is 3.02. The molecule has 1 aliphatic rings. The van der Waals surface area contributed by atoms with Crippen molar-refractivity contribution in [2.24, 2.45) is 0 Å². The number of carbonyl (C=O) groups excluding carboxylic acids is 1. The van der Waals surface area contributed by atoms with E-state index in [1.165, 1.54) is 0 Å². The van der Waals surface area contributed by atoms with E-state index < -0.39 is 0 Å². The van der Waals surface area contributed by atoms with Gasteiger partial charge in [0.05, 0.1) is 12.2 Å². The zero-order valence-electron chi connectivity index (χ0n) is 17.0. The number of ether oxygens (including phenoxy) is 2. The molecule has 0 atom stereocenters. The Balaban J connectivity index is 1.31. The van der Waals surface area contributed by atoms with Gasteiger partial charge in [-0.15, -0.1) is 0 Å². The maximum absolute atomic E-state index is 12.2. The average molecular weight is 408 g/mol. The van der Waals surface area contributed by atoms with Gasteiger partial charge in [0.2, 0.25) is 18.6 Å². The number of benzene rings is 1. The van der Waals surface area contributed by atoms with E-state index in [1.807, 2.05) is 35.0 Å². The lowest BCUT2D eigenvalue weighted by Crippen LogP contribution is -2.31. The number of nitrogens with zero attached hydrogens (tertiary/aromatic N) is 4. The van der Waals surface area contributed by atoms with E-state index in [4.69, 9.17) is 9.47 Å². The van der Waals surface area contributed by atoms with Crippen LogP contribution in [0.1, 0.15) is 31.0 Å². The maximum atomic E-state index is 12.2. The molecule has 1 aliphatic heterocycles. The minimum atomic E-state index is -0.126. The van der Waals surface area contributed by atoms with Gasteiger partial charge in [-0.05, 0) is 30.0 Å². The third kappa shape index (κ3) is 4.68. The summed E-state index contributed by atoms with van der Waals surface area (Å²) in [6, 6.07) is 7.72. The topological polar surface area (TPSA) is 103 Å². The molecule has 0 radical (unpaired) electrons. The zero-order valence-corrected chi connectivity index (χ0v) is 17.0. The third-order valence-corrected chi connectivity index (χ3v) is 4.67. The number of carbonyl (C=O) groups is 1. The average Bonchev–Trinajstić information content (AvgIpc) is 3.43. The van der Waals surface area contributed by atoms with Crippen LogP contribution < -0.4 is 20.1 Å². The molecule has 1 amide bonds. The molecule has 0 spiro atoms. The van der Waals surface area contributed by atoms with Gasteiger partial charge in [0, 0.05) is 25.0 Å². The standard InChI is InChI=1S/C21H24N6O3/c1-14(2)16-10-19(27-8-7-22-12-27)26-21(25-16)24-11-20(28)23-6-5-15-3-4-17-18(9-15)30-13-29-17/h3-4,7-10,12,14H,5-6,11,13H2,1-2H3,(H,23,28)(H,24,25,26). The fourth-order valence-electron chi connectivity index (χ4n) is 3.02. The van der Waals surface area contributed by atoms with Gasteiger partial charge in [0.25, 0.3) is 0 Å². The minimum Gasteiger partial charge on any atom is -0.454 e. The van der Waals surface area contributed by atoms with Crippen LogP contribution in [-0.4, -0.2) is 45.3 Å². The summed E-state index contributed by atoms with van der Waals surface area (Å²) in [7, 11) is 0. The van der Waals surface area contributed by atoms with Crippen LogP contribution in [0.4, 0.5) is 5.95 Å². The number of amides is 1. The first-order valence-electron chi connectivity index (χ1n) is 9.85. The molecule has 0 unspecified atom stereocenters. The lowest BCUT2D eigenvalue weighted by molar-refractivity contribution is -0.119. The van der Waals surface area contributed by atoms with Crippen LogP contribution in [-0.2, 0) is 11.2 Å². The molecule has 4 rings (SSSR count). The molecule has 1 aromatic carbocycles. The summed E-state index contributed by atoms with van der Waals surface area (Å²) in [5.41, 5.74) is 1.96. The number of hydrogen-bond donors (Lipinski definition) is 2. The Bertz CT molecular complexity index is 1020. The normalized spacial score (nSPS) is 12.2. The molecule has 0 bridgehead atoms. The summed E-state index contributed by atoms with van der Waals surface area (Å²) < 4.78 is 12.5. The molecular weight excluding hydrogens is 384 g/mol. The Hall–Kier alpha value is -3.62. The summed E-state index contributed by atoms with van der Waals surface area (Å²) in [5.74, 6) is 2.72. The molecule has 156 valence electrons. The fraction of sp³-hybridized carbons (Fsp3) is 0.333. The second kappa shape index (κ2) is 8.81. The maximum Gasteiger partial charge on any atom is 0.239 e. The SMILES string of the molecule is CC(C)c1cc(-n2ccnc2)nc(NCC(=O)NCCc2ccc3c(c2)OCO3)n1. The predicted molar refractivity (Wildman–Crippen MR) is 111 cm³/mol. The van der Waals surface area contributed by atoms with Crippen molar-refractivity contribution in [3.8, 4) is 17.3 Å². The largest absolute Gasteiger partial charge is 0.454 e. The van der Waals surface area contributed by atoms with Gasteiger partial charge < -0.3 is 20.1 Å². The van der Waals surface area contributed by atoms with Crippen molar-refractivity contribution >= 4 is 11.9 Å². The molecule has 0 fully saturated rings. The first-order valence-corrected chi connectivity index (χ1v) is 9.85. The number of nitrogens with one attached hydrogen (secondary N) is 2. The summed E-state index contributed by atoms with van der Waals surface area (Å²) in [6.45, 7) is 4.99. The minimum absolute atomic E-state index is 0.0893. The molecule has 3 heterocycles. The van der Waals surface area contributed by atoms with Crippen LogP contribution in [0, 0.1) is 0 Å². The molecule has 0 saturated carbocycles. The molecule has 9 nitrogen and oxygen atoms in total. The predicted octanol–water partition coefficient (Wildman–Crippen LogP) is 2.29. The van der Waals surface area contributed by atoms with Gasteiger partial charge in [-0.2, -0.15) is 4.98 Å². The van der Waals surface area contributed by atoms with Crippen molar-refractivity contribution in [1.82, 2.24) is 24.8 Å². The van der Waals surface area contributed by atoms with E-state index in [0.717, 1.165) is 22.8 Å². The van der Waals surface area contributed by atoms with Gasteiger partial charge in [0.1, 0.15) is 12.1 Å². The van der Waals surface area contributed by atoms with Gasteiger partial charge in [-0.3, -0.25) is 9.36 Å². The van der Waals surface area contributed by atoms with Gasteiger partial charge in [0.15, 0.2) is 11.5 Å². The van der Waals surface area contributed by atoms with Crippen molar-refractivity contribution in [2.45, 2.75) is 26.2 Å². The number of anilines is 1. The van der Waals surface area contributed by atoms with E-state index in [9.17, 15) is 4.79 Å². The van der Waals surface area contributed by atoms with Crippen molar-refractivity contribution in [1.29, 1.82) is 0 Å². The Kier molecular flexibility index (Phi) is 5.78. The van der Waals surface area contributed by atoms with Crippen molar-refractivity contribution in [3.63, 3.8) is 0 Å². The highest BCUT2D eigenvalue weighted by molar-refractivity contribution is 5.80. The summed E-state index contributed by atoms with van der Waals surface area (Å²) in [6.07, 6.45) is 5.89. The van der Waals surface area contributed by atoms with E-state index in [0.29, 0.717) is 24.7 Å². The summed E-state index contributed by atoms with van der Waals surface area (Å²) >= 11 is 0. The van der Waals surface area contributed by atoms with E-state index in [1.54, 1.807) is 12.5 Å². The molecular formula is C21H24N6O3. The van der Waals surface area contributed by atoms with Crippen molar-refractivity contribution in [2.75, 3.05) is 25.2 Å². The van der Waals surface area contributed by atoms with Crippen LogP contribution in [0.5, 0.6) is 11.5 Å². The number of aromatic nitrogens is 4. The number of rotatable bonds is 8. The second-order valence-corrected chi connectivity index (χ2v) is 7.24. The van der Waals surface area contributed by atoms with Crippen LogP contribution in [0.2, 0.25) is 0 Å². The number of hydrogen-bond acceptors (Lipinski definition) is 7. The quantitative estimate of drug-likeness (QED) is 0.589. The van der Waals surface area contributed by atoms with Crippen molar-refractivity contribution in [3.05, 3.63) is 54.2 Å². The lowest BCUT2D eigenvalue weighted by atomic mass is 10.1. The van der Waals surface area contributed by atoms with Crippen LogP contribution in [0.3, 0.4) is 0 Å². The Morgan fingerprint density at radius 2 is 2.07 bits per heavy atom. The summed E-state index contributed by atoms with van der Waals surface area (Å²) in [4.78, 5) is 25.3. The molecule has 3 aromatic rings. The molecule has 30 heavy (non-hydrogen) atoms. The smallest absolute Gasteiger partial charge is 0.239 e. The second-order valence-electron chi connectivity index (χ2n) is 7.24. The Morgan fingerprint density at radius 1 is 1.20 bits per heavy atom. The van der Waals surface area contributed by atoms with E-state index in [2.05, 4.69) is 39.4 Å². The monoisotopic (exact) mass is 408 g/mol. The molecule has 9 heteroatoms. The van der Waals surface area contributed by atoms with Crippen LogP contribution in [0.15, 0.2) is 43.0 Å². The van der Waals surface area contributed by atoms with Crippen LogP contribution >= 0.6 is 0 Å². The van der Waals surface area contributed by atoms with Crippen molar-refractivity contribution < 1.29 is 14.3 Å². The first-order chi connectivity index (χ1) is 14.6. The molecule has 2 N–H and O–H groups in total. The highest BCUT2D eigenvalue weighted by atomic mass is 16.7. The molecule has 2 aromatic heterocycles. The van der Waals surface area contributed by atoms with Gasteiger partial charge in [-0.1, -0.05) is 19.9 Å². The first kappa shape index (κ1) is 19.7. The van der Waals surface area contributed by atoms with Crippen LogP contribution in [0.25, 0.3) is 5.82 Å². The number of imidazole rings is 1. The lowest BCUT2D eigenvalue weighted by Gasteiger charge is -2.12. The van der Waals surface area contributed by atoms with Gasteiger partial charge >= 0.3 is 0 Å². The van der Waals surface area contributed by atoms with E-state index >= 15 is 0 Å².